The van der Waals surface area contributed by atoms with Crippen LogP contribution in [0.2, 0.25) is 0 Å². The average molecular weight is 1180 g/mol. The van der Waals surface area contributed by atoms with Crippen LogP contribution in [0.1, 0.15) is 392 Å². The molecule has 0 spiro atoms. The van der Waals surface area contributed by atoms with Crippen molar-refractivity contribution in [3.05, 3.63) is 86.5 Å². The van der Waals surface area contributed by atoms with Crippen molar-refractivity contribution in [3.63, 3.8) is 0 Å². The molecule has 0 amide bonds. The van der Waals surface area contributed by atoms with Crippen molar-refractivity contribution in [1.82, 2.24) is 0 Å². The molecule has 1 heteroatoms. The van der Waals surface area contributed by atoms with Crippen LogP contribution in [0.25, 0.3) is 0 Å². The summed E-state index contributed by atoms with van der Waals surface area (Å²) in [4.78, 5) is 0. The van der Waals surface area contributed by atoms with Crippen LogP contribution in [0.4, 0.5) is 0 Å². The summed E-state index contributed by atoms with van der Waals surface area (Å²) in [5.74, 6) is 6.96. The average Bonchev–Trinajstić information content (AvgIpc) is 3.49. The molecule has 0 bridgehead atoms. The third-order valence-corrected chi connectivity index (χ3v) is 34.0. The Bertz CT molecular complexity index is 1840. The van der Waals surface area contributed by atoms with Crippen LogP contribution in [-0.4, -0.2) is 21.8 Å². The molecule has 3 aromatic rings. The molecule has 9 aliphatic carbocycles. The molecule has 12 rings (SSSR count). The summed E-state index contributed by atoms with van der Waals surface area (Å²) in [6, 6.07) is 18.6. The Balaban J connectivity index is 1.22. The Kier molecular flexibility index (Phi) is 18.3. The molecule has 3 aromatic carbocycles. The predicted octanol–water partition coefficient (Wildman–Crippen LogP) is 20.6. The fraction of sp³-hybridized carbons (Fsp3) is 0.750. The zero-order valence-electron chi connectivity index (χ0n) is 46.9. The van der Waals surface area contributed by atoms with Gasteiger partial charge in [-0.05, 0) is 0 Å². The maximum atomic E-state index is 3.10. The summed E-state index contributed by atoms with van der Waals surface area (Å²) in [5, 5.41) is 0. The first-order valence-corrected chi connectivity index (χ1v) is 38.8. The van der Waals surface area contributed by atoms with Gasteiger partial charge in [-0.25, -0.2) is 0 Å². The standard InChI is InChI=1S/3C24H35.Bi/c3*1-4-10-19(11-5-1)22-16-23(20-12-6-2-7-13-20)18-24(17-22)21-14-8-3-9-15-21;/h3*16-17,19-21H,1-15H2;. The van der Waals surface area contributed by atoms with Gasteiger partial charge >= 0.3 is 460 Å². The Morgan fingerprint density at radius 3 is 0.466 bits per heavy atom. The van der Waals surface area contributed by atoms with Crippen molar-refractivity contribution >= 4 is 31.6 Å². The summed E-state index contributed by atoms with van der Waals surface area (Å²) in [6.07, 6.45) is 65.7. The van der Waals surface area contributed by atoms with Gasteiger partial charge in [0.1, 0.15) is 0 Å². The van der Waals surface area contributed by atoms with Gasteiger partial charge in [-0.1, -0.05) is 0 Å². The van der Waals surface area contributed by atoms with E-state index in [9.17, 15) is 0 Å². The fourth-order valence-electron chi connectivity index (χ4n) is 18.6. The zero-order valence-corrected chi connectivity index (χ0v) is 50.4. The molecule has 9 fully saturated rings. The van der Waals surface area contributed by atoms with Crippen molar-refractivity contribution in [2.45, 2.75) is 342 Å². The number of rotatable bonds is 12. The number of hydrogen-bond donors (Lipinski definition) is 0. The first kappa shape index (κ1) is 52.3. The Labute approximate surface area is 457 Å². The first-order chi connectivity index (χ1) is 36.2. The van der Waals surface area contributed by atoms with Crippen molar-refractivity contribution in [2.24, 2.45) is 0 Å². The first-order valence-electron chi connectivity index (χ1n) is 33.6. The van der Waals surface area contributed by atoms with Crippen molar-refractivity contribution < 1.29 is 0 Å². The topological polar surface area (TPSA) is 0 Å². The van der Waals surface area contributed by atoms with Crippen molar-refractivity contribution in [2.75, 3.05) is 0 Å². The van der Waals surface area contributed by atoms with Gasteiger partial charge in [-0.2, -0.15) is 0 Å². The van der Waals surface area contributed by atoms with Crippen LogP contribution < -0.4 is 9.81 Å². The van der Waals surface area contributed by atoms with E-state index in [4.69, 9.17) is 0 Å². The van der Waals surface area contributed by atoms with Crippen LogP contribution >= 0.6 is 0 Å². The summed E-state index contributed by atoms with van der Waals surface area (Å²) in [7, 11) is 0. The van der Waals surface area contributed by atoms with Crippen molar-refractivity contribution in [1.29, 1.82) is 0 Å². The number of hydrogen-bond acceptors (Lipinski definition) is 0. The van der Waals surface area contributed by atoms with E-state index in [1.165, 1.54) is 289 Å². The third kappa shape index (κ3) is 11.9. The summed E-state index contributed by atoms with van der Waals surface area (Å²) in [6.45, 7) is 0. The molecule has 0 aromatic heterocycles. The van der Waals surface area contributed by atoms with E-state index in [2.05, 4.69) is 46.2 Å². The molecule has 0 heterocycles. The summed E-state index contributed by atoms with van der Waals surface area (Å²) >= 11 is -3.34. The van der Waals surface area contributed by atoms with Gasteiger partial charge in [0.2, 0.25) is 0 Å². The van der Waals surface area contributed by atoms with E-state index < -0.39 is 21.8 Å². The van der Waals surface area contributed by atoms with Gasteiger partial charge in [0.15, 0.2) is 0 Å². The van der Waals surface area contributed by atoms with Crippen LogP contribution in [-0.2, 0) is 0 Å². The van der Waals surface area contributed by atoms with Crippen LogP contribution in [0.5, 0.6) is 0 Å². The van der Waals surface area contributed by atoms with E-state index in [1.807, 2.05) is 50.1 Å². The van der Waals surface area contributed by atoms with Crippen LogP contribution in [0.3, 0.4) is 0 Å². The second-order valence-electron chi connectivity index (χ2n) is 27.5. The van der Waals surface area contributed by atoms with Gasteiger partial charge in [-0.3, -0.25) is 0 Å². The number of benzene rings is 3. The second-order valence-corrected chi connectivity index (χ2v) is 35.3. The van der Waals surface area contributed by atoms with Gasteiger partial charge in [0.25, 0.3) is 0 Å². The SMILES string of the molecule is c1c(C2CCCCC2)cc(C2CCCCC2)[c]([Bi]([c]2c(C3CCCCC3)cc(C3CCCCC3)cc2C2CCCCC2)[c]2c(C3CCCCC3)cc(C3CCCCC3)cc2C2CCCCC2)c1C1CCCCC1. The molecule has 398 valence electrons. The quantitative estimate of drug-likeness (QED) is 0.159. The molecule has 0 aliphatic heterocycles. The fourth-order valence-corrected chi connectivity index (χ4v) is 33.0. The molecule has 0 radical (unpaired) electrons. The molecular formula is C72H105Bi. The van der Waals surface area contributed by atoms with Gasteiger partial charge < -0.3 is 0 Å². The monoisotopic (exact) mass is 1180 g/mol. The van der Waals surface area contributed by atoms with E-state index in [-0.39, 0.29) is 0 Å². The second kappa shape index (κ2) is 25.6. The summed E-state index contributed by atoms with van der Waals surface area (Å²) in [5.41, 5.74) is 17.6. The third-order valence-electron chi connectivity index (χ3n) is 22.7. The van der Waals surface area contributed by atoms with Crippen molar-refractivity contribution in [3.8, 4) is 0 Å². The normalized spacial score (nSPS) is 25.4. The molecule has 0 nitrogen and oxygen atoms in total. The summed E-state index contributed by atoms with van der Waals surface area (Å²) < 4.78 is 6.52. The van der Waals surface area contributed by atoms with Crippen LogP contribution in [0.15, 0.2) is 36.4 Å². The molecule has 9 saturated carbocycles. The van der Waals surface area contributed by atoms with E-state index in [0.717, 1.165) is 53.3 Å². The van der Waals surface area contributed by atoms with E-state index >= 15 is 0 Å². The van der Waals surface area contributed by atoms with Gasteiger partial charge in [0, 0.05) is 0 Å². The van der Waals surface area contributed by atoms with E-state index in [0.29, 0.717) is 0 Å². The zero-order chi connectivity index (χ0) is 48.8. The molecule has 0 N–H and O–H groups in total. The Hall–Kier alpha value is -1.46. The van der Waals surface area contributed by atoms with Crippen LogP contribution in [0, 0.1) is 0 Å². The van der Waals surface area contributed by atoms with Gasteiger partial charge in [0.05, 0.1) is 0 Å². The Morgan fingerprint density at radius 1 is 0.178 bits per heavy atom. The minimum absolute atomic E-state index is 0.766. The molecule has 0 unspecified atom stereocenters. The van der Waals surface area contributed by atoms with Gasteiger partial charge in [-0.15, -0.1) is 0 Å². The minimum atomic E-state index is -3.34. The maximum absolute atomic E-state index is 3.34. The molecule has 9 aliphatic rings. The molecular weight excluding hydrogens is 1070 g/mol. The molecule has 73 heavy (non-hydrogen) atoms. The predicted molar refractivity (Wildman–Crippen MR) is 316 cm³/mol. The molecule has 0 atom stereocenters. The van der Waals surface area contributed by atoms with E-state index in [1.54, 1.807) is 0 Å². The Morgan fingerprint density at radius 2 is 0.315 bits per heavy atom. The molecule has 0 saturated heterocycles.